The van der Waals surface area contributed by atoms with Crippen molar-refractivity contribution >= 4 is 23.3 Å². The fourth-order valence-electron chi connectivity index (χ4n) is 4.17. The van der Waals surface area contributed by atoms with Gasteiger partial charge < -0.3 is 30.1 Å². The van der Waals surface area contributed by atoms with E-state index in [2.05, 4.69) is 10.6 Å². The van der Waals surface area contributed by atoms with E-state index in [0.717, 1.165) is 5.56 Å². The predicted molar refractivity (Wildman–Crippen MR) is 116 cm³/mol. The Morgan fingerprint density at radius 3 is 2.50 bits per heavy atom. The summed E-state index contributed by atoms with van der Waals surface area (Å²) < 4.78 is 25.0. The van der Waals surface area contributed by atoms with Gasteiger partial charge >= 0.3 is 6.03 Å². The highest BCUT2D eigenvalue weighted by Gasteiger charge is 2.46. The number of nitrogens with zero attached hydrogens (tertiary/aromatic N) is 1. The predicted octanol–water partition coefficient (Wildman–Crippen LogP) is 2.94. The molecule has 0 bridgehead atoms. The topological polar surface area (TPSA) is 100 Å². The van der Waals surface area contributed by atoms with Gasteiger partial charge in [-0.25, -0.2) is 9.18 Å². The fourth-order valence-corrected chi connectivity index (χ4v) is 4.17. The molecule has 1 fully saturated rings. The van der Waals surface area contributed by atoms with Crippen LogP contribution < -0.4 is 15.4 Å². The molecule has 9 heteroatoms. The molecule has 0 radical (unpaired) electrons. The Balaban J connectivity index is 1.48. The third kappa shape index (κ3) is 4.68. The molecule has 0 saturated carbocycles. The Hall–Kier alpha value is -3.17. The van der Waals surface area contributed by atoms with Crippen LogP contribution in [-0.2, 0) is 9.53 Å². The number of rotatable bonds is 5. The van der Waals surface area contributed by atoms with Gasteiger partial charge in [0.2, 0.25) is 5.91 Å². The first-order valence-corrected chi connectivity index (χ1v) is 10.4. The third-order valence-corrected chi connectivity index (χ3v) is 5.76. The molecule has 1 saturated heterocycles. The lowest BCUT2D eigenvalue weighted by atomic mass is 9.84. The van der Waals surface area contributed by atoms with E-state index >= 15 is 0 Å². The van der Waals surface area contributed by atoms with Crippen molar-refractivity contribution in [1.82, 2.24) is 4.90 Å². The van der Waals surface area contributed by atoms with Crippen LogP contribution >= 0.6 is 0 Å². The number of ether oxygens (including phenoxy) is 2. The summed E-state index contributed by atoms with van der Waals surface area (Å²) in [5, 5.41) is 15.2. The summed E-state index contributed by atoms with van der Waals surface area (Å²) in [5.74, 6) is 0.174. The molecule has 2 aliphatic heterocycles. The Kier molecular flexibility index (Phi) is 6.29. The van der Waals surface area contributed by atoms with Crippen molar-refractivity contribution in [3.05, 3.63) is 53.8 Å². The molecule has 4 atom stereocenters. The Morgan fingerprint density at radius 2 is 1.81 bits per heavy atom. The van der Waals surface area contributed by atoms with Crippen LogP contribution in [0.15, 0.2) is 42.5 Å². The van der Waals surface area contributed by atoms with Crippen molar-refractivity contribution in [2.75, 3.05) is 31.3 Å². The number of aliphatic hydroxyl groups excluding tert-OH is 1. The highest BCUT2D eigenvalue weighted by Crippen LogP contribution is 2.47. The summed E-state index contributed by atoms with van der Waals surface area (Å²) in [6, 6.07) is 10.4. The smallest absolute Gasteiger partial charge is 0.323 e. The van der Waals surface area contributed by atoms with Crippen LogP contribution in [0.25, 0.3) is 0 Å². The van der Waals surface area contributed by atoms with Crippen molar-refractivity contribution in [2.45, 2.75) is 37.1 Å². The molecule has 2 aromatic carbocycles. The number of amides is 3. The van der Waals surface area contributed by atoms with Gasteiger partial charge in [-0.3, -0.25) is 4.79 Å². The molecule has 2 aromatic rings. The van der Waals surface area contributed by atoms with Gasteiger partial charge in [-0.05, 0) is 48.9 Å². The molecule has 4 rings (SSSR count). The molecular formula is C23H26FN3O5. The zero-order chi connectivity index (χ0) is 22.8. The lowest BCUT2D eigenvalue weighted by Gasteiger charge is -2.37. The van der Waals surface area contributed by atoms with Gasteiger partial charge in [-0.15, -0.1) is 0 Å². The largest absolute Gasteiger partial charge is 0.487 e. The van der Waals surface area contributed by atoms with Crippen molar-refractivity contribution < 1.29 is 28.6 Å². The van der Waals surface area contributed by atoms with Crippen LogP contribution in [0.1, 0.15) is 24.3 Å². The second-order valence-electron chi connectivity index (χ2n) is 8.23. The molecule has 0 aromatic heterocycles. The molecule has 0 unspecified atom stereocenters. The number of carbonyl (C=O) groups excluding carboxylic acids is 2. The summed E-state index contributed by atoms with van der Waals surface area (Å²) in [6.07, 6.45) is -0.446. The second-order valence-corrected chi connectivity index (χ2v) is 8.23. The molecular weight excluding hydrogens is 417 g/mol. The minimum Gasteiger partial charge on any atom is -0.487 e. The van der Waals surface area contributed by atoms with Crippen LogP contribution in [0, 0.1) is 5.82 Å². The maximum absolute atomic E-state index is 13.0. The maximum Gasteiger partial charge on any atom is 0.323 e. The van der Waals surface area contributed by atoms with Gasteiger partial charge in [-0.1, -0.05) is 0 Å². The van der Waals surface area contributed by atoms with Crippen LogP contribution in [-0.4, -0.2) is 61.0 Å². The number of carbonyl (C=O) groups is 2. The number of halogens is 1. The molecule has 2 heterocycles. The number of fused-ring (bicyclic) bond motifs is 3. The number of aliphatic hydroxyl groups is 1. The number of hydrogen-bond donors (Lipinski definition) is 3. The molecule has 32 heavy (non-hydrogen) atoms. The van der Waals surface area contributed by atoms with E-state index in [0.29, 0.717) is 23.5 Å². The summed E-state index contributed by atoms with van der Waals surface area (Å²) in [5.41, 5.74) is 1.94. The van der Waals surface area contributed by atoms with Crippen molar-refractivity contribution in [3.63, 3.8) is 0 Å². The summed E-state index contributed by atoms with van der Waals surface area (Å²) in [7, 11) is 3.39. The highest BCUT2D eigenvalue weighted by atomic mass is 19.1. The van der Waals surface area contributed by atoms with E-state index < -0.39 is 12.1 Å². The van der Waals surface area contributed by atoms with Gasteiger partial charge in [0.05, 0.1) is 19.1 Å². The first-order chi connectivity index (χ1) is 15.3. The van der Waals surface area contributed by atoms with Gasteiger partial charge in [0, 0.05) is 37.0 Å². The third-order valence-electron chi connectivity index (χ3n) is 5.76. The number of anilines is 2. The number of nitrogens with one attached hydrogen (secondary N) is 2. The summed E-state index contributed by atoms with van der Waals surface area (Å²) >= 11 is 0. The quantitative estimate of drug-likeness (QED) is 0.660. The van der Waals surface area contributed by atoms with Crippen molar-refractivity contribution in [2.24, 2.45) is 0 Å². The van der Waals surface area contributed by atoms with E-state index in [-0.39, 0.29) is 42.9 Å². The minimum atomic E-state index is -0.542. The van der Waals surface area contributed by atoms with Gasteiger partial charge in [0.25, 0.3) is 0 Å². The Morgan fingerprint density at radius 1 is 1.12 bits per heavy atom. The monoisotopic (exact) mass is 443 g/mol. The summed E-state index contributed by atoms with van der Waals surface area (Å²) in [6.45, 7) is -0.215. The zero-order valence-corrected chi connectivity index (χ0v) is 17.9. The maximum atomic E-state index is 13.0. The van der Waals surface area contributed by atoms with Crippen LogP contribution in [0.3, 0.4) is 0 Å². The molecule has 0 aliphatic carbocycles. The fraction of sp³-hybridized carbons (Fsp3) is 0.391. The lowest BCUT2D eigenvalue weighted by Crippen LogP contribution is -2.47. The number of urea groups is 1. The van der Waals surface area contributed by atoms with Gasteiger partial charge in [0.15, 0.2) is 0 Å². The Bertz CT molecular complexity index is 998. The second kappa shape index (κ2) is 9.13. The number of benzene rings is 2. The van der Waals surface area contributed by atoms with Crippen LogP contribution in [0.4, 0.5) is 20.6 Å². The average Bonchev–Trinajstić information content (AvgIpc) is 3.12. The first-order valence-electron chi connectivity index (χ1n) is 10.4. The van der Waals surface area contributed by atoms with Gasteiger partial charge in [-0.2, -0.15) is 0 Å². The summed E-state index contributed by atoms with van der Waals surface area (Å²) in [4.78, 5) is 26.0. The van der Waals surface area contributed by atoms with Crippen LogP contribution in [0.2, 0.25) is 0 Å². The standard InChI is InChI=1S/C23H26FN3O5/c1-27(2)21(29)11-16-10-18-17-9-15(7-8-19(17)32-22(18)20(12-28)31-16)26-23(30)25-14-5-3-13(24)4-6-14/h3-9,16,18,20,22,28H,10-12H2,1-2H3,(H2,25,26,30)/t16-,18+,20-,22-/m1/s1. The van der Waals surface area contributed by atoms with Crippen LogP contribution in [0.5, 0.6) is 5.75 Å². The highest BCUT2D eigenvalue weighted by molar-refractivity contribution is 5.99. The van der Waals surface area contributed by atoms with Crippen molar-refractivity contribution in [3.8, 4) is 5.75 Å². The SMILES string of the molecule is CN(C)C(=O)C[C@H]1C[C@H]2c3cc(NC(=O)Nc4ccc(F)cc4)ccc3O[C@H]2[C@@H](CO)O1. The van der Waals surface area contributed by atoms with E-state index in [9.17, 15) is 19.1 Å². The average molecular weight is 443 g/mol. The zero-order valence-electron chi connectivity index (χ0n) is 17.9. The number of hydrogen-bond acceptors (Lipinski definition) is 5. The lowest BCUT2D eigenvalue weighted by molar-refractivity contribution is -0.147. The van der Waals surface area contributed by atoms with E-state index in [1.54, 1.807) is 26.2 Å². The molecule has 2 aliphatic rings. The van der Waals surface area contributed by atoms with E-state index in [4.69, 9.17) is 9.47 Å². The van der Waals surface area contributed by atoms with Gasteiger partial charge in [0.1, 0.15) is 23.8 Å². The normalized spacial score (nSPS) is 23.5. The molecule has 3 N–H and O–H groups in total. The molecule has 170 valence electrons. The molecule has 3 amide bonds. The minimum absolute atomic E-state index is 0.0443. The molecule has 0 spiro atoms. The van der Waals surface area contributed by atoms with Crippen molar-refractivity contribution in [1.29, 1.82) is 0 Å². The Labute approximate surface area is 185 Å². The van der Waals surface area contributed by atoms with E-state index in [1.165, 1.54) is 29.2 Å². The van der Waals surface area contributed by atoms with E-state index in [1.807, 2.05) is 6.07 Å². The first kappa shape index (κ1) is 22.0. The molecule has 8 nitrogen and oxygen atoms in total.